The second-order valence-corrected chi connectivity index (χ2v) is 5.81. The summed E-state index contributed by atoms with van der Waals surface area (Å²) in [5.74, 6) is 0.273. The number of hydrogen-bond donors (Lipinski definition) is 1. The minimum absolute atomic E-state index is 0.178. The van der Waals surface area contributed by atoms with E-state index in [9.17, 15) is 4.79 Å². The summed E-state index contributed by atoms with van der Waals surface area (Å²) in [4.78, 5) is 28.8. The Kier molecular flexibility index (Phi) is 4.92. The molecule has 8 nitrogen and oxygen atoms in total. The molecule has 0 saturated carbocycles. The lowest BCUT2D eigenvalue weighted by Gasteiger charge is -2.09. The van der Waals surface area contributed by atoms with Crippen LogP contribution in [0.1, 0.15) is 6.92 Å². The number of carbonyl (C=O) groups excluding carboxylic acids is 1. The first-order chi connectivity index (χ1) is 11.7. The molecule has 24 heavy (non-hydrogen) atoms. The van der Waals surface area contributed by atoms with Crippen LogP contribution in [0.3, 0.4) is 0 Å². The maximum Gasteiger partial charge on any atom is 0.223 e. The molecule has 0 saturated heterocycles. The number of nitrogens with one attached hydrogen (secondary N) is 1. The molecule has 1 amide bonds. The minimum Gasteiger partial charge on any atom is -0.475 e. The highest BCUT2D eigenvalue weighted by molar-refractivity contribution is 7.22. The summed E-state index contributed by atoms with van der Waals surface area (Å²) >= 11 is 1.29. The van der Waals surface area contributed by atoms with E-state index in [0.717, 1.165) is 11.1 Å². The van der Waals surface area contributed by atoms with Crippen LogP contribution >= 0.6 is 11.3 Å². The number of anilines is 1. The van der Waals surface area contributed by atoms with Crippen molar-refractivity contribution in [3.63, 3.8) is 0 Å². The fourth-order valence-electron chi connectivity index (χ4n) is 2.03. The van der Waals surface area contributed by atoms with Crippen LogP contribution in [0.25, 0.3) is 21.5 Å². The summed E-state index contributed by atoms with van der Waals surface area (Å²) in [5.41, 5.74) is 2.17. The summed E-state index contributed by atoms with van der Waals surface area (Å²) in [6.07, 6.45) is 4.82. The first kappa shape index (κ1) is 16.2. The van der Waals surface area contributed by atoms with Crippen LogP contribution in [0.2, 0.25) is 0 Å². The smallest absolute Gasteiger partial charge is 0.223 e. The number of ether oxygens (including phenoxy) is 2. The molecule has 3 aromatic heterocycles. The number of aromatic nitrogens is 4. The summed E-state index contributed by atoms with van der Waals surface area (Å²) in [6, 6.07) is 1.85. The summed E-state index contributed by atoms with van der Waals surface area (Å²) < 4.78 is 10.7. The molecule has 3 heterocycles. The number of rotatable bonds is 6. The van der Waals surface area contributed by atoms with Crippen molar-refractivity contribution in [1.29, 1.82) is 0 Å². The van der Waals surface area contributed by atoms with Crippen LogP contribution in [0.15, 0.2) is 24.8 Å². The van der Waals surface area contributed by atoms with Gasteiger partial charge in [0.15, 0.2) is 5.13 Å². The van der Waals surface area contributed by atoms with Gasteiger partial charge in [-0.1, -0.05) is 11.3 Å². The highest BCUT2D eigenvalue weighted by Gasteiger charge is 2.15. The Hall–Kier alpha value is -2.65. The molecular formula is C15H15N5O3S. The number of methoxy groups -OCH3 is 1. The molecule has 1 N–H and O–H groups in total. The predicted molar refractivity (Wildman–Crippen MR) is 90.1 cm³/mol. The Morgan fingerprint density at radius 3 is 2.75 bits per heavy atom. The Morgan fingerprint density at radius 2 is 2.04 bits per heavy atom. The third-order valence-electron chi connectivity index (χ3n) is 3.03. The zero-order valence-corrected chi connectivity index (χ0v) is 14.0. The van der Waals surface area contributed by atoms with E-state index in [1.807, 2.05) is 6.07 Å². The number of thiazole rings is 1. The SMILES string of the molecule is COCCOc1nc2sc(NC(C)=O)nc2cc1-c1cncnc1. The van der Waals surface area contributed by atoms with Crippen LogP contribution in [0.5, 0.6) is 5.88 Å². The fraction of sp³-hybridized carbons (Fsp3) is 0.267. The fourth-order valence-corrected chi connectivity index (χ4v) is 2.89. The number of nitrogens with zero attached hydrogens (tertiary/aromatic N) is 4. The molecule has 124 valence electrons. The number of fused-ring (bicyclic) bond motifs is 1. The molecule has 0 radical (unpaired) electrons. The lowest BCUT2D eigenvalue weighted by atomic mass is 10.1. The standard InChI is InChI=1S/C15H15N5O3S/c1-9(21)18-15-19-12-5-11(10-6-16-8-17-7-10)13(20-14(12)24-15)23-4-3-22-2/h5-8H,3-4H2,1-2H3,(H,18,19,21). The van der Waals surface area contributed by atoms with Crippen LogP contribution in [0, 0.1) is 0 Å². The van der Waals surface area contributed by atoms with Gasteiger partial charge in [0.1, 0.15) is 23.3 Å². The van der Waals surface area contributed by atoms with E-state index in [1.165, 1.54) is 24.6 Å². The van der Waals surface area contributed by atoms with Gasteiger partial charge in [0, 0.05) is 37.6 Å². The van der Waals surface area contributed by atoms with Crippen molar-refractivity contribution in [2.75, 3.05) is 25.6 Å². The van der Waals surface area contributed by atoms with Gasteiger partial charge in [0.25, 0.3) is 0 Å². The van der Waals surface area contributed by atoms with Gasteiger partial charge in [-0.3, -0.25) is 4.79 Å². The average molecular weight is 345 g/mol. The molecule has 0 aliphatic rings. The lowest BCUT2D eigenvalue weighted by Crippen LogP contribution is -2.06. The number of carbonyl (C=O) groups is 1. The van der Waals surface area contributed by atoms with E-state index in [4.69, 9.17) is 9.47 Å². The van der Waals surface area contributed by atoms with Crippen molar-refractivity contribution in [1.82, 2.24) is 19.9 Å². The monoisotopic (exact) mass is 345 g/mol. The van der Waals surface area contributed by atoms with Gasteiger partial charge in [-0.05, 0) is 6.07 Å². The van der Waals surface area contributed by atoms with Gasteiger partial charge in [0.2, 0.25) is 11.8 Å². The molecule has 0 aliphatic carbocycles. The van der Waals surface area contributed by atoms with Crippen molar-refractivity contribution < 1.29 is 14.3 Å². The van der Waals surface area contributed by atoms with Crippen LogP contribution < -0.4 is 10.1 Å². The van der Waals surface area contributed by atoms with Gasteiger partial charge in [-0.25, -0.2) is 19.9 Å². The maximum atomic E-state index is 11.2. The van der Waals surface area contributed by atoms with E-state index in [2.05, 4.69) is 25.3 Å². The Bertz CT molecular complexity index is 853. The first-order valence-electron chi connectivity index (χ1n) is 7.13. The molecule has 0 aromatic carbocycles. The van der Waals surface area contributed by atoms with Crippen molar-refractivity contribution in [2.24, 2.45) is 0 Å². The molecule has 0 bridgehead atoms. The quantitative estimate of drug-likeness (QED) is 0.683. The molecule has 3 rings (SSSR count). The zero-order valence-electron chi connectivity index (χ0n) is 13.1. The van der Waals surface area contributed by atoms with Gasteiger partial charge < -0.3 is 14.8 Å². The van der Waals surface area contributed by atoms with E-state index in [-0.39, 0.29) is 5.91 Å². The summed E-state index contributed by atoms with van der Waals surface area (Å²) in [6.45, 7) is 2.25. The van der Waals surface area contributed by atoms with Gasteiger partial charge in [-0.2, -0.15) is 0 Å². The van der Waals surface area contributed by atoms with E-state index in [1.54, 1.807) is 19.5 Å². The van der Waals surface area contributed by atoms with Crippen LogP contribution in [0.4, 0.5) is 5.13 Å². The molecule has 0 fully saturated rings. The number of amides is 1. The largest absolute Gasteiger partial charge is 0.475 e. The Labute approximate surface area is 141 Å². The molecule has 0 aliphatic heterocycles. The number of hydrogen-bond acceptors (Lipinski definition) is 8. The van der Waals surface area contributed by atoms with E-state index < -0.39 is 0 Å². The highest BCUT2D eigenvalue weighted by atomic mass is 32.1. The molecule has 9 heteroatoms. The van der Waals surface area contributed by atoms with Crippen molar-refractivity contribution >= 4 is 32.7 Å². The van der Waals surface area contributed by atoms with Crippen LogP contribution in [-0.4, -0.2) is 46.2 Å². The molecule has 0 unspecified atom stereocenters. The molecule has 0 spiro atoms. The topological polar surface area (TPSA) is 99.1 Å². The van der Waals surface area contributed by atoms with Crippen molar-refractivity contribution in [3.05, 3.63) is 24.8 Å². The van der Waals surface area contributed by atoms with Crippen molar-refractivity contribution in [3.8, 4) is 17.0 Å². The zero-order chi connectivity index (χ0) is 16.9. The lowest BCUT2D eigenvalue weighted by molar-refractivity contribution is -0.114. The maximum absolute atomic E-state index is 11.2. The minimum atomic E-state index is -0.178. The molecule has 3 aromatic rings. The van der Waals surface area contributed by atoms with Crippen LogP contribution in [-0.2, 0) is 9.53 Å². The van der Waals surface area contributed by atoms with Gasteiger partial charge >= 0.3 is 0 Å². The summed E-state index contributed by atoms with van der Waals surface area (Å²) in [5, 5.41) is 3.16. The third kappa shape index (κ3) is 3.63. The first-order valence-corrected chi connectivity index (χ1v) is 7.95. The second kappa shape index (κ2) is 7.28. The van der Waals surface area contributed by atoms with Gasteiger partial charge in [-0.15, -0.1) is 0 Å². The third-order valence-corrected chi connectivity index (χ3v) is 3.91. The van der Waals surface area contributed by atoms with Crippen molar-refractivity contribution in [2.45, 2.75) is 6.92 Å². The highest BCUT2D eigenvalue weighted by Crippen LogP contribution is 2.34. The Balaban J connectivity index is 2.04. The molecular weight excluding hydrogens is 330 g/mol. The molecule has 0 atom stereocenters. The Morgan fingerprint density at radius 1 is 1.25 bits per heavy atom. The predicted octanol–water partition coefficient (Wildman–Crippen LogP) is 2.13. The van der Waals surface area contributed by atoms with E-state index >= 15 is 0 Å². The normalized spacial score (nSPS) is 10.8. The van der Waals surface area contributed by atoms with E-state index in [0.29, 0.717) is 34.6 Å². The number of pyridine rings is 1. The average Bonchev–Trinajstić information content (AvgIpc) is 2.95. The summed E-state index contributed by atoms with van der Waals surface area (Å²) in [7, 11) is 1.61. The second-order valence-electron chi connectivity index (χ2n) is 4.83. The van der Waals surface area contributed by atoms with Gasteiger partial charge in [0.05, 0.1) is 6.61 Å².